The molecule has 1 aromatic heterocycles. The number of anilines is 2. The largest absolute Gasteiger partial charge is 0.497 e. The molecular formula is C30H30ClN5O6. The van der Waals surface area contributed by atoms with Crippen LogP contribution in [0.2, 0.25) is 0 Å². The van der Waals surface area contributed by atoms with E-state index >= 15 is 0 Å². The number of pyridine rings is 1. The summed E-state index contributed by atoms with van der Waals surface area (Å²) >= 11 is 0. The SMILES string of the molecule is COc1ccc2c(c1)OC1(O)COc3cc(OC)c(OC)cc3C1=C2.Cl.Nc1ccc(N=Nc2ccccc2)c(N)n1. The molecule has 0 fully saturated rings. The highest BCUT2D eigenvalue weighted by molar-refractivity contribution is 5.92. The summed E-state index contributed by atoms with van der Waals surface area (Å²) in [7, 11) is 4.71. The molecule has 3 aromatic carbocycles. The van der Waals surface area contributed by atoms with Gasteiger partial charge in [-0.15, -0.1) is 17.5 Å². The monoisotopic (exact) mass is 591 g/mol. The highest BCUT2D eigenvalue weighted by Crippen LogP contribution is 2.49. The molecule has 3 heterocycles. The van der Waals surface area contributed by atoms with Crippen LogP contribution in [-0.2, 0) is 0 Å². The van der Waals surface area contributed by atoms with Gasteiger partial charge in [0.1, 0.15) is 28.8 Å². The van der Waals surface area contributed by atoms with Crippen molar-refractivity contribution in [2.75, 3.05) is 39.4 Å². The van der Waals surface area contributed by atoms with E-state index in [1.54, 1.807) is 51.7 Å². The first-order chi connectivity index (χ1) is 19.8. The minimum absolute atomic E-state index is 0. The summed E-state index contributed by atoms with van der Waals surface area (Å²) in [5.41, 5.74) is 14.6. The van der Waals surface area contributed by atoms with Crippen molar-refractivity contribution in [3.05, 3.63) is 83.9 Å². The molecule has 0 saturated heterocycles. The van der Waals surface area contributed by atoms with E-state index in [1.807, 2.05) is 48.5 Å². The number of benzene rings is 3. The van der Waals surface area contributed by atoms with Crippen LogP contribution in [0.4, 0.5) is 23.0 Å². The number of rotatable bonds is 5. The first-order valence-corrected chi connectivity index (χ1v) is 12.5. The van der Waals surface area contributed by atoms with Crippen molar-refractivity contribution in [2.24, 2.45) is 10.2 Å². The van der Waals surface area contributed by atoms with Gasteiger partial charge in [0.05, 0.1) is 27.0 Å². The van der Waals surface area contributed by atoms with Crippen LogP contribution in [0, 0.1) is 0 Å². The Kier molecular flexibility index (Phi) is 9.04. The number of fused-ring (bicyclic) bond motifs is 4. The molecule has 6 rings (SSSR count). The number of ether oxygens (including phenoxy) is 5. The van der Waals surface area contributed by atoms with Gasteiger partial charge in [0.15, 0.2) is 23.9 Å². The quantitative estimate of drug-likeness (QED) is 0.244. The summed E-state index contributed by atoms with van der Waals surface area (Å²) < 4.78 is 27.5. The second kappa shape index (κ2) is 12.7. The van der Waals surface area contributed by atoms with E-state index in [0.29, 0.717) is 51.4 Å². The summed E-state index contributed by atoms with van der Waals surface area (Å²) in [4.78, 5) is 3.89. The second-order valence-corrected chi connectivity index (χ2v) is 9.02. The zero-order valence-electron chi connectivity index (χ0n) is 23.1. The molecule has 0 saturated carbocycles. The number of halogens is 1. The molecule has 0 amide bonds. The molecular weight excluding hydrogens is 562 g/mol. The Labute approximate surface area is 248 Å². The minimum Gasteiger partial charge on any atom is -0.497 e. The smallest absolute Gasteiger partial charge is 0.270 e. The molecule has 1 unspecified atom stereocenters. The van der Waals surface area contributed by atoms with Crippen molar-refractivity contribution in [3.8, 4) is 28.7 Å². The standard InChI is InChI=1S/C19H18O6.C11H11N5.ClH/c1-21-12-5-4-11-6-14-13-8-17(22-2)18(23-3)9-16(13)24-10-19(14,20)25-15(11)7-12;12-10-7-6-9(11(13)14-10)16-15-8-4-2-1-3-5-8;/h4-9,20H,10H2,1-3H3;1-7H,(H4,12,13,14);1H. The molecule has 0 bridgehead atoms. The lowest BCUT2D eigenvalue weighted by molar-refractivity contribution is -0.116. The molecule has 2 aliphatic rings. The summed E-state index contributed by atoms with van der Waals surface area (Å²) in [6, 6.07) is 21.7. The van der Waals surface area contributed by atoms with Crippen molar-refractivity contribution in [3.63, 3.8) is 0 Å². The molecule has 1 atom stereocenters. The maximum atomic E-state index is 11.0. The Morgan fingerprint density at radius 2 is 1.60 bits per heavy atom. The van der Waals surface area contributed by atoms with E-state index in [2.05, 4.69) is 15.2 Å². The van der Waals surface area contributed by atoms with Gasteiger partial charge in [-0.3, -0.25) is 0 Å². The Bertz CT molecular complexity index is 1630. The molecule has 12 heteroatoms. The zero-order valence-corrected chi connectivity index (χ0v) is 23.9. The first kappa shape index (κ1) is 30.0. The van der Waals surface area contributed by atoms with Gasteiger partial charge in [0.25, 0.3) is 5.79 Å². The fourth-order valence-electron chi connectivity index (χ4n) is 4.29. The zero-order chi connectivity index (χ0) is 29.0. The molecule has 0 radical (unpaired) electrons. The van der Waals surface area contributed by atoms with Crippen LogP contribution in [0.3, 0.4) is 0 Å². The lowest BCUT2D eigenvalue weighted by Crippen LogP contribution is -2.47. The highest BCUT2D eigenvalue weighted by Gasteiger charge is 2.44. The topological polar surface area (TPSA) is 156 Å². The fraction of sp³-hybridized carbons (Fsp3) is 0.167. The first-order valence-electron chi connectivity index (χ1n) is 12.5. The second-order valence-electron chi connectivity index (χ2n) is 9.02. The van der Waals surface area contributed by atoms with Crippen LogP contribution >= 0.6 is 12.4 Å². The number of azo groups is 1. The van der Waals surface area contributed by atoms with Crippen LogP contribution in [0.15, 0.2) is 83.0 Å². The van der Waals surface area contributed by atoms with Crippen molar-refractivity contribution >= 4 is 47.1 Å². The van der Waals surface area contributed by atoms with Gasteiger partial charge in [-0.05, 0) is 48.5 Å². The number of nitrogens with two attached hydrogens (primary N) is 2. The molecule has 0 aliphatic carbocycles. The van der Waals surface area contributed by atoms with E-state index in [4.69, 9.17) is 35.2 Å². The number of nitrogens with zero attached hydrogens (tertiary/aromatic N) is 3. The molecule has 2 aliphatic heterocycles. The maximum absolute atomic E-state index is 11.0. The van der Waals surface area contributed by atoms with Gasteiger partial charge >= 0.3 is 0 Å². The van der Waals surface area contributed by atoms with Gasteiger partial charge in [0.2, 0.25) is 0 Å². The van der Waals surface area contributed by atoms with Crippen LogP contribution < -0.4 is 35.2 Å². The Hall–Kier alpha value is -5.00. The predicted octanol–water partition coefficient (Wildman–Crippen LogP) is 5.81. The van der Waals surface area contributed by atoms with Crippen LogP contribution in [-0.4, -0.2) is 43.8 Å². The summed E-state index contributed by atoms with van der Waals surface area (Å²) in [6.45, 7) is -0.0298. The molecule has 4 aromatic rings. The third kappa shape index (κ3) is 6.17. The Morgan fingerprint density at radius 3 is 2.29 bits per heavy atom. The minimum atomic E-state index is -1.58. The third-order valence-corrected chi connectivity index (χ3v) is 6.37. The Morgan fingerprint density at radius 1 is 0.857 bits per heavy atom. The molecule has 5 N–H and O–H groups in total. The van der Waals surface area contributed by atoms with E-state index in [0.717, 1.165) is 11.3 Å². The lowest BCUT2D eigenvalue weighted by Gasteiger charge is -2.39. The van der Waals surface area contributed by atoms with Crippen molar-refractivity contribution < 1.29 is 28.8 Å². The third-order valence-electron chi connectivity index (χ3n) is 6.37. The number of nitrogen functional groups attached to an aromatic ring is 2. The van der Waals surface area contributed by atoms with Crippen molar-refractivity contribution in [1.29, 1.82) is 0 Å². The number of aromatic nitrogens is 1. The average Bonchev–Trinajstić information content (AvgIpc) is 2.99. The fourth-order valence-corrected chi connectivity index (χ4v) is 4.29. The van der Waals surface area contributed by atoms with Crippen molar-refractivity contribution in [2.45, 2.75) is 5.79 Å². The average molecular weight is 592 g/mol. The number of methoxy groups -OCH3 is 3. The molecule has 0 spiro atoms. The van der Waals surface area contributed by atoms with Gasteiger partial charge in [-0.25, -0.2) is 4.98 Å². The predicted molar refractivity (Wildman–Crippen MR) is 162 cm³/mol. The number of hydrogen-bond donors (Lipinski definition) is 3. The Balaban J connectivity index is 0.000000207. The maximum Gasteiger partial charge on any atom is 0.270 e. The van der Waals surface area contributed by atoms with E-state index in [9.17, 15) is 5.11 Å². The molecule has 11 nitrogen and oxygen atoms in total. The van der Waals surface area contributed by atoms with Gasteiger partial charge < -0.3 is 40.3 Å². The van der Waals surface area contributed by atoms with E-state index < -0.39 is 5.79 Å². The number of hydrogen-bond acceptors (Lipinski definition) is 11. The molecule has 218 valence electrons. The van der Waals surface area contributed by atoms with Gasteiger partial charge in [-0.1, -0.05) is 18.2 Å². The molecule has 42 heavy (non-hydrogen) atoms. The summed E-state index contributed by atoms with van der Waals surface area (Å²) in [5, 5.41) is 19.0. The van der Waals surface area contributed by atoms with Gasteiger partial charge in [-0.2, -0.15) is 5.11 Å². The van der Waals surface area contributed by atoms with Gasteiger partial charge in [0, 0.05) is 28.8 Å². The van der Waals surface area contributed by atoms with Crippen LogP contribution in [0.25, 0.3) is 11.6 Å². The van der Waals surface area contributed by atoms with Crippen molar-refractivity contribution in [1.82, 2.24) is 4.98 Å². The summed E-state index contributed by atoms with van der Waals surface area (Å²) in [6.07, 6.45) is 1.89. The number of aliphatic hydroxyl groups is 1. The normalized spacial score (nSPS) is 16.0. The van der Waals surface area contributed by atoms with E-state index in [1.165, 1.54) is 0 Å². The van der Waals surface area contributed by atoms with E-state index in [-0.39, 0.29) is 24.8 Å². The lowest BCUT2D eigenvalue weighted by atomic mass is 9.90. The highest BCUT2D eigenvalue weighted by atomic mass is 35.5. The van der Waals surface area contributed by atoms with Crippen LogP contribution in [0.5, 0.6) is 28.7 Å². The summed E-state index contributed by atoms with van der Waals surface area (Å²) in [5.74, 6) is 1.99. The van der Waals surface area contributed by atoms with Crippen LogP contribution in [0.1, 0.15) is 11.1 Å².